The highest BCUT2D eigenvalue weighted by Gasteiger charge is 2.46. The van der Waals surface area contributed by atoms with E-state index in [9.17, 15) is 10.1 Å². The van der Waals surface area contributed by atoms with Crippen molar-refractivity contribution in [3.05, 3.63) is 47.8 Å². The maximum absolute atomic E-state index is 11.9. The monoisotopic (exact) mass is 284 g/mol. The molecular weight excluding hydrogens is 272 g/mol. The molecule has 1 heterocycles. The van der Waals surface area contributed by atoms with Crippen LogP contribution in [0.4, 0.5) is 0 Å². The van der Waals surface area contributed by atoms with Crippen molar-refractivity contribution in [3.63, 3.8) is 0 Å². The topological polar surface area (TPSA) is 78.7 Å². The number of carbonyl (C=O) groups excluding carboxylic acids is 1. The fourth-order valence-corrected chi connectivity index (χ4v) is 2.97. The zero-order valence-corrected chi connectivity index (χ0v) is 11.4. The molecule has 1 amide bonds. The predicted molar refractivity (Wildman–Crippen MR) is 74.1 cm³/mol. The standard InChI is InChI=1S/C14H12N4OS/c15-9-14(10-4-2-1-3-5-10)6-11(7-14)17-13(19)12-8-16-20-18-12/h1-5,8,11H,6-7H2,(H,17,19). The van der Waals surface area contributed by atoms with E-state index in [1.807, 2.05) is 30.3 Å². The van der Waals surface area contributed by atoms with E-state index >= 15 is 0 Å². The Balaban J connectivity index is 1.66. The molecule has 1 aromatic carbocycles. The van der Waals surface area contributed by atoms with Gasteiger partial charge in [0.05, 0.1) is 29.4 Å². The van der Waals surface area contributed by atoms with Gasteiger partial charge in [-0.05, 0) is 18.4 Å². The van der Waals surface area contributed by atoms with E-state index in [0.29, 0.717) is 18.5 Å². The number of nitrogens with zero attached hydrogens (tertiary/aromatic N) is 3. The number of benzene rings is 1. The van der Waals surface area contributed by atoms with Gasteiger partial charge in [-0.3, -0.25) is 4.79 Å². The van der Waals surface area contributed by atoms with E-state index in [1.54, 1.807) is 0 Å². The van der Waals surface area contributed by atoms with Gasteiger partial charge in [0.1, 0.15) is 0 Å². The van der Waals surface area contributed by atoms with Crippen LogP contribution in [0.3, 0.4) is 0 Å². The van der Waals surface area contributed by atoms with Crippen LogP contribution in [0.25, 0.3) is 0 Å². The largest absolute Gasteiger partial charge is 0.348 e. The fourth-order valence-electron chi connectivity index (χ4n) is 2.56. The molecule has 1 aromatic heterocycles. The number of hydrogen-bond donors (Lipinski definition) is 1. The molecule has 1 saturated carbocycles. The third kappa shape index (κ3) is 2.17. The number of nitrogens with one attached hydrogen (secondary N) is 1. The second kappa shape index (κ2) is 5.02. The van der Waals surface area contributed by atoms with Crippen molar-refractivity contribution in [1.29, 1.82) is 5.26 Å². The van der Waals surface area contributed by atoms with Crippen LogP contribution in [0, 0.1) is 11.3 Å². The normalized spacial score (nSPS) is 24.4. The Kier molecular flexibility index (Phi) is 3.20. The number of hydrogen-bond acceptors (Lipinski definition) is 5. The van der Waals surface area contributed by atoms with Gasteiger partial charge in [0.25, 0.3) is 5.91 Å². The minimum Gasteiger partial charge on any atom is -0.348 e. The van der Waals surface area contributed by atoms with Crippen molar-refractivity contribution < 1.29 is 4.79 Å². The van der Waals surface area contributed by atoms with Gasteiger partial charge in [-0.1, -0.05) is 30.3 Å². The summed E-state index contributed by atoms with van der Waals surface area (Å²) in [4.78, 5) is 11.9. The first-order chi connectivity index (χ1) is 9.73. The van der Waals surface area contributed by atoms with Gasteiger partial charge in [-0.2, -0.15) is 14.0 Å². The van der Waals surface area contributed by atoms with Crippen molar-refractivity contribution in [3.8, 4) is 6.07 Å². The molecule has 0 saturated heterocycles. The van der Waals surface area contributed by atoms with Crippen LogP contribution < -0.4 is 5.32 Å². The molecule has 3 rings (SSSR count). The molecule has 0 aliphatic heterocycles. The molecule has 0 radical (unpaired) electrons. The maximum Gasteiger partial charge on any atom is 0.272 e. The maximum atomic E-state index is 11.9. The molecule has 1 N–H and O–H groups in total. The molecule has 0 unspecified atom stereocenters. The van der Waals surface area contributed by atoms with Crippen molar-refractivity contribution in [2.24, 2.45) is 0 Å². The minimum absolute atomic E-state index is 0.0176. The number of carbonyl (C=O) groups is 1. The lowest BCUT2D eigenvalue weighted by Crippen LogP contribution is -2.52. The lowest BCUT2D eigenvalue weighted by atomic mass is 9.62. The van der Waals surface area contributed by atoms with E-state index in [-0.39, 0.29) is 11.9 Å². The summed E-state index contributed by atoms with van der Waals surface area (Å²) >= 11 is 1.01. The van der Waals surface area contributed by atoms with Gasteiger partial charge in [-0.15, -0.1) is 0 Å². The van der Waals surface area contributed by atoms with E-state index < -0.39 is 5.41 Å². The van der Waals surface area contributed by atoms with Crippen LogP contribution >= 0.6 is 11.7 Å². The molecule has 6 heteroatoms. The minimum atomic E-state index is -0.473. The highest BCUT2D eigenvalue weighted by atomic mass is 32.1. The molecular formula is C14H12N4OS. The highest BCUT2D eigenvalue weighted by molar-refractivity contribution is 6.99. The summed E-state index contributed by atoms with van der Waals surface area (Å²) in [5, 5.41) is 12.3. The summed E-state index contributed by atoms with van der Waals surface area (Å²) in [5.41, 5.74) is 0.881. The molecule has 1 aliphatic rings. The van der Waals surface area contributed by atoms with Gasteiger partial charge in [-0.25, -0.2) is 0 Å². The Labute approximate surface area is 120 Å². The summed E-state index contributed by atoms with van der Waals surface area (Å²) in [6.45, 7) is 0. The molecule has 0 bridgehead atoms. The van der Waals surface area contributed by atoms with Crippen LogP contribution in [0.5, 0.6) is 0 Å². The summed E-state index contributed by atoms with van der Waals surface area (Å²) in [6.07, 6.45) is 2.72. The van der Waals surface area contributed by atoms with Gasteiger partial charge in [0.2, 0.25) is 0 Å². The molecule has 1 fully saturated rings. The van der Waals surface area contributed by atoms with E-state index in [4.69, 9.17) is 0 Å². The summed E-state index contributed by atoms with van der Waals surface area (Å²) in [7, 11) is 0. The van der Waals surface area contributed by atoms with Crippen molar-refractivity contribution >= 4 is 17.6 Å². The Morgan fingerprint density at radius 3 is 2.75 bits per heavy atom. The number of nitriles is 1. The first kappa shape index (κ1) is 12.8. The molecule has 0 spiro atoms. The van der Waals surface area contributed by atoms with Crippen LogP contribution in [0.15, 0.2) is 36.5 Å². The Morgan fingerprint density at radius 2 is 2.15 bits per heavy atom. The van der Waals surface area contributed by atoms with Crippen molar-refractivity contribution in [1.82, 2.24) is 14.1 Å². The SMILES string of the molecule is N#CC1(c2ccccc2)CC(NC(=O)c2cnsn2)C1. The molecule has 100 valence electrons. The van der Waals surface area contributed by atoms with Gasteiger partial charge >= 0.3 is 0 Å². The smallest absolute Gasteiger partial charge is 0.272 e. The van der Waals surface area contributed by atoms with Crippen LogP contribution in [0.2, 0.25) is 0 Å². The summed E-state index contributed by atoms with van der Waals surface area (Å²) in [6, 6.07) is 12.1. The van der Waals surface area contributed by atoms with Gasteiger partial charge in [0.15, 0.2) is 5.69 Å². The summed E-state index contributed by atoms with van der Waals surface area (Å²) < 4.78 is 7.70. The molecule has 5 nitrogen and oxygen atoms in total. The van der Waals surface area contributed by atoms with Crippen LogP contribution in [-0.2, 0) is 5.41 Å². The predicted octanol–water partition coefficient (Wildman–Crippen LogP) is 1.89. The molecule has 2 aromatic rings. The van der Waals surface area contributed by atoms with E-state index in [0.717, 1.165) is 17.3 Å². The Hall–Kier alpha value is -2.26. The van der Waals surface area contributed by atoms with Crippen LogP contribution in [-0.4, -0.2) is 20.7 Å². The number of aromatic nitrogens is 2. The van der Waals surface area contributed by atoms with E-state index in [2.05, 4.69) is 20.1 Å². The lowest BCUT2D eigenvalue weighted by molar-refractivity contribution is 0.0887. The number of amides is 1. The van der Waals surface area contributed by atoms with Crippen molar-refractivity contribution in [2.75, 3.05) is 0 Å². The van der Waals surface area contributed by atoms with Gasteiger partial charge < -0.3 is 5.32 Å². The average molecular weight is 284 g/mol. The summed E-state index contributed by atoms with van der Waals surface area (Å²) in [5.74, 6) is -0.219. The Bertz CT molecular complexity index is 642. The quantitative estimate of drug-likeness (QED) is 0.933. The third-order valence-corrected chi connectivity index (χ3v) is 4.14. The molecule has 20 heavy (non-hydrogen) atoms. The van der Waals surface area contributed by atoms with E-state index in [1.165, 1.54) is 6.20 Å². The first-order valence-corrected chi connectivity index (χ1v) is 7.02. The van der Waals surface area contributed by atoms with Gasteiger partial charge in [0, 0.05) is 6.04 Å². The molecule has 1 aliphatic carbocycles. The second-order valence-corrected chi connectivity index (χ2v) is 5.49. The lowest BCUT2D eigenvalue weighted by Gasteiger charge is -2.43. The zero-order chi connectivity index (χ0) is 14.0. The molecule has 0 atom stereocenters. The Morgan fingerprint density at radius 1 is 1.40 bits per heavy atom. The zero-order valence-electron chi connectivity index (χ0n) is 10.6. The fraction of sp³-hybridized carbons (Fsp3) is 0.286. The highest BCUT2D eigenvalue weighted by Crippen LogP contribution is 2.43. The second-order valence-electron chi connectivity index (χ2n) is 4.93. The van der Waals surface area contributed by atoms with Crippen molar-refractivity contribution in [2.45, 2.75) is 24.3 Å². The average Bonchev–Trinajstić information content (AvgIpc) is 2.97. The first-order valence-electron chi connectivity index (χ1n) is 6.29. The number of rotatable bonds is 3. The third-order valence-electron chi connectivity index (χ3n) is 3.66. The van der Waals surface area contributed by atoms with Crippen LogP contribution in [0.1, 0.15) is 28.9 Å².